The molecule has 132 valence electrons. The molecule has 1 amide bonds. The van der Waals surface area contributed by atoms with Gasteiger partial charge in [-0.1, -0.05) is 43.3 Å². The second-order valence-electron chi connectivity index (χ2n) is 7.10. The highest BCUT2D eigenvalue weighted by Gasteiger charge is 2.31. The zero-order valence-electron chi connectivity index (χ0n) is 15.1. The van der Waals surface area contributed by atoms with E-state index in [1.807, 2.05) is 24.1 Å². The van der Waals surface area contributed by atoms with E-state index >= 15 is 0 Å². The zero-order valence-corrected chi connectivity index (χ0v) is 15.1. The minimum atomic E-state index is 0.182. The van der Waals surface area contributed by atoms with Crippen molar-refractivity contribution in [3.63, 3.8) is 0 Å². The number of carbonyl (C=O) groups excluding carboxylic acids is 1. The molecule has 25 heavy (non-hydrogen) atoms. The highest BCUT2D eigenvalue weighted by Crippen LogP contribution is 2.23. The Hall–Kier alpha value is -2.20. The Morgan fingerprint density at radius 3 is 2.64 bits per heavy atom. The van der Waals surface area contributed by atoms with Gasteiger partial charge in [0.05, 0.1) is 6.42 Å². The topological polar surface area (TPSA) is 36.4 Å². The highest BCUT2D eigenvalue weighted by molar-refractivity contribution is 5.78. The molecule has 2 atom stereocenters. The zero-order chi connectivity index (χ0) is 17.6. The van der Waals surface area contributed by atoms with Crippen LogP contribution in [0, 0.1) is 5.92 Å². The van der Waals surface area contributed by atoms with Crippen LogP contribution < -0.4 is 0 Å². The largest absolute Gasteiger partial charge is 0.342 e. The van der Waals surface area contributed by atoms with Gasteiger partial charge in [0.1, 0.15) is 0 Å². The van der Waals surface area contributed by atoms with Crippen LogP contribution in [0.15, 0.2) is 54.9 Å². The van der Waals surface area contributed by atoms with Gasteiger partial charge in [-0.3, -0.25) is 14.7 Å². The molecule has 1 aliphatic rings. The summed E-state index contributed by atoms with van der Waals surface area (Å²) in [5.41, 5.74) is 2.34. The Bertz CT molecular complexity index is 674. The number of amides is 1. The Labute approximate surface area is 150 Å². The smallest absolute Gasteiger partial charge is 0.227 e. The second kappa shape index (κ2) is 8.26. The third kappa shape index (κ3) is 4.67. The van der Waals surface area contributed by atoms with Gasteiger partial charge in [0.2, 0.25) is 5.91 Å². The predicted octanol–water partition coefficient (Wildman–Crippen LogP) is 2.99. The summed E-state index contributed by atoms with van der Waals surface area (Å²) in [5.74, 6) is 0.654. The molecular weight excluding hydrogens is 310 g/mol. The molecule has 1 fully saturated rings. The van der Waals surface area contributed by atoms with E-state index in [1.165, 1.54) is 5.56 Å². The van der Waals surface area contributed by atoms with Crippen molar-refractivity contribution in [3.8, 4) is 0 Å². The first-order valence-corrected chi connectivity index (χ1v) is 9.04. The fourth-order valence-electron chi connectivity index (χ4n) is 3.77. The summed E-state index contributed by atoms with van der Waals surface area (Å²) in [5, 5.41) is 0. The molecule has 0 bridgehead atoms. The maximum atomic E-state index is 12.6. The summed E-state index contributed by atoms with van der Waals surface area (Å²) in [4.78, 5) is 21.2. The van der Waals surface area contributed by atoms with Gasteiger partial charge in [0, 0.05) is 45.1 Å². The summed E-state index contributed by atoms with van der Waals surface area (Å²) in [6.07, 6.45) is 4.98. The van der Waals surface area contributed by atoms with Gasteiger partial charge in [0.15, 0.2) is 0 Å². The lowest BCUT2D eigenvalue weighted by atomic mass is 9.92. The van der Waals surface area contributed by atoms with Crippen LogP contribution in [-0.4, -0.2) is 46.9 Å². The summed E-state index contributed by atoms with van der Waals surface area (Å²) < 4.78 is 0. The fraction of sp³-hybridized carbons (Fsp3) is 0.429. The van der Waals surface area contributed by atoms with Gasteiger partial charge in [-0.2, -0.15) is 0 Å². The van der Waals surface area contributed by atoms with E-state index in [-0.39, 0.29) is 5.91 Å². The molecule has 2 aromatic rings. The molecule has 0 unspecified atom stereocenters. The lowest BCUT2D eigenvalue weighted by Crippen LogP contribution is -2.50. The van der Waals surface area contributed by atoms with Crippen LogP contribution in [0.5, 0.6) is 0 Å². The maximum Gasteiger partial charge on any atom is 0.227 e. The summed E-state index contributed by atoms with van der Waals surface area (Å²) in [6, 6.07) is 14.8. The number of aromatic nitrogens is 1. The van der Waals surface area contributed by atoms with E-state index in [2.05, 4.69) is 47.1 Å². The van der Waals surface area contributed by atoms with Crippen molar-refractivity contribution in [2.75, 3.05) is 20.1 Å². The normalized spacial score (nSPS) is 21.0. The number of likely N-dealkylation sites (N-methyl/N-ethyl adjacent to an activating group) is 1. The number of piperidine rings is 1. The lowest BCUT2D eigenvalue weighted by Gasteiger charge is -2.41. The third-order valence-electron chi connectivity index (χ3n) is 5.16. The van der Waals surface area contributed by atoms with Crippen LogP contribution in [0.1, 0.15) is 24.5 Å². The highest BCUT2D eigenvalue weighted by atomic mass is 16.2. The molecular formula is C21H27N3O. The number of benzene rings is 1. The summed E-state index contributed by atoms with van der Waals surface area (Å²) in [7, 11) is 1.95. The predicted molar refractivity (Wildman–Crippen MR) is 100.0 cm³/mol. The number of pyridine rings is 1. The van der Waals surface area contributed by atoms with E-state index in [9.17, 15) is 4.79 Å². The van der Waals surface area contributed by atoms with E-state index in [4.69, 9.17) is 0 Å². The molecule has 3 rings (SSSR count). The first kappa shape index (κ1) is 17.6. The van der Waals surface area contributed by atoms with Crippen molar-refractivity contribution >= 4 is 5.91 Å². The van der Waals surface area contributed by atoms with Crippen molar-refractivity contribution in [2.24, 2.45) is 5.92 Å². The first-order chi connectivity index (χ1) is 12.1. The monoisotopic (exact) mass is 337 g/mol. The molecule has 1 aromatic heterocycles. The third-order valence-corrected chi connectivity index (χ3v) is 5.16. The fourth-order valence-corrected chi connectivity index (χ4v) is 3.77. The maximum absolute atomic E-state index is 12.6. The minimum absolute atomic E-state index is 0.182. The Morgan fingerprint density at radius 2 is 1.96 bits per heavy atom. The number of hydrogen-bond donors (Lipinski definition) is 0. The standard InChI is InChI=1S/C21H27N3O/c1-17-15-24(16-18-7-4-3-5-8-18)12-10-20(17)23(2)21(25)13-19-9-6-11-22-14-19/h3-9,11,14,17,20H,10,12-13,15-16H2,1-2H3/t17-,20+/m0/s1. The van der Waals surface area contributed by atoms with Crippen molar-refractivity contribution in [1.82, 2.24) is 14.8 Å². The molecule has 0 radical (unpaired) electrons. The lowest BCUT2D eigenvalue weighted by molar-refractivity contribution is -0.133. The first-order valence-electron chi connectivity index (χ1n) is 9.04. The van der Waals surface area contributed by atoms with Crippen molar-refractivity contribution in [2.45, 2.75) is 32.4 Å². The average molecular weight is 337 g/mol. The summed E-state index contributed by atoms with van der Waals surface area (Å²) in [6.45, 7) is 5.32. The van der Waals surface area contributed by atoms with E-state index in [1.54, 1.807) is 12.4 Å². The van der Waals surface area contributed by atoms with Crippen LogP contribution in [0.25, 0.3) is 0 Å². The molecule has 0 N–H and O–H groups in total. The average Bonchev–Trinajstić information content (AvgIpc) is 2.63. The number of carbonyl (C=O) groups is 1. The van der Waals surface area contributed by atoms with Crippen LogP contribution in [0.2, 0.25) is 0 Å². The van der Waals surface area contributed by atoms with Crippen molar-refractivity contribution < 1.29 is 4.79 Å². The SMILES string of the molecule is C[C@H]1CN(Cc2ccccc2)CC[C@H]1N(C)C(=O)Cc1cccnc1. The second-order valence-corrected chi connectivity index (χ2v) is 7.10. The molecule has 0 spiro atoms. The molecule has 0 saturated carbocycles. The van der Waals surface area contributed by atoms with Gasteiger partial charge < -0.3 is 4.90 Å². The molecule has 1 aliphatic heterocycles. The Balaban J connectivity index is 1.54. The van der Waals surface area contributed by atoms with Crippen LogP contribution in [0.4, 0.5) is 0 Å². The number of rotatable bonds is 5. The van der Waals surface area contributed by atoms with Gasteiger partial charge in [-0.25, -0.2) is 0 Å². The van der Waals surface area contributed by atoms with E-state index in [0.717, 1.165) is 31.6 Å². The van der Waals surface area contributed by atoms with Crippen molar-refractivity contribution in [1.29, 1.82) is 0 Å². The number of hydrogen-bond acceptors (Lipinski definition) is 3. The van der Waals surface area contributed by atoms with Gasteiger partial charge in [-0.15, -0.1) is 0 Å². The van der Waals surface area contributed by atoms with Crippen LogP contribution in [0.3, 0.4) is 0 Å². The van der Waals surface area contributed by atoms with Crippen molar-refractivity contribution in [3.05, 3.63) is 66.0 Å². The minimum Gasteiger partial charge on any atom is -0.342 e. The number of likely N-dealkylation sites (tertiary alicyclic amines) is 1. The van der Waals surface area contributed by atoms with E-state index in [0.29, 0.717) is 18.4 Å². The molecule has 4 heteroatoms. The van der Waals surface area contributed by atoms with Gasteiger partial charge in [-0.05, 0) is 29.5 Å². The Kier molecular flexibility index (Phi) is 5.82. The Morgan fingerprint density at radius 1 is 1.20 bits per heavy atom. The quantitative estimate of drug-likeness (QED) is 0.841. The van der Waals surface area contributed by atoms with Gasteiger partial charge >= 0.3 is 0 Å². The molecule has 2 heterocycles. The molecule has 1 aromatic carbocycles. The van der Waals surface area contributed by atoms with E-state index < -0.39 is 0 Å². The summed E-state index contributed by atoms with van der Waals surface area (Å²) >= 11 is 0. The molecule has 4 nitrogen and oxygen atoms in total. The van der Waals surface area contributed by atoms with Gasteiger partial charge in [0.25, 0.3) is 0 Å². The molecule has 1 saturated heterocycles. The van der Waals surface area contributed by atoms with Crippen LogP contribution >= 0.6 is 0 Å². The van der Waals surface area contributed by atoms with Crippen LogP contribution in [-0.2, 0) is 17.8 Å². The molecule has 0 aliphatic carbocycles. The number of nitrogens with zero attached hydrogens (tertiary/aromatic N) is 3.